The largest absolute Gasteiger partial charge is 0.489 e. The minimum atomic E-state index is -0.401. The maximum atomic E-state index is 13.6. The lowest BCUT2D eigenvalue weighted by Gasteiger charge is -2.43. The Balaban J connectivity index is 1.61. The zero-order valence-corrected chi connectivity index (χ0v) is 18.9. The van der Waals surface area contributed by atoms with Crippen molar-refractivity contribution < 1.29 is 18.7 Å². The number of hydrogen-bond acceptors (Lipinski definition) is 4. The Morgan fingerprint density at radius 2 is 1.58 bits per heavy atom. The van der Waals surface area contributed by atoms with Crippen molar-refractivity contribution in [2.24, 2.45) is 0 Å². The normalized spacial score (nSPS) is 19.0. The lowest BCUT2D eigenvalue weighted by Crippen LogP contribution is -2.39. The third-order valence-corrected chi connectivity index (χ3v) is 6.92. The standard InChI is InChI=1S/C28H28FNO3/c1-2-30-21-11-6-13-23(31)27(21)26(28-22(30)12-7-14-24(28)32)20-10-3-4-15-25(20)33-17-18-8-5-9-19(29)16-18/h3-5,8-10,15-16,26H,2,6-7,11-14,17H2,1H3. The Morgan fingerprint density at radius 1 is 0.909 bits per heavy atom. The van der Waals surface area contributed by atoms with Crippen molar-refractivity contribution in [2.45, 2.75) is 58.0 Å². The third-order valence-electron chi connectivity index (χ3n) is 6.92. The van der Waals surface area contributed by atoms with E-state index < -0.39 is 5.92 Å². The van der Waals surface area contributed by atoms with Crippen LogP contribution in [0.3, 0.4) is 0 Å². The van der Waals surface area contributed by atoms with Crippen molar-refractivity contribution in [1.29, 1.82) is 0 Å². The molecule has 5 rings (SSSR count). The molecule has 33 heavy (non-hydrogen) atoms. The van der Waals surface area contributed by atoms with E-state index in [4.69, 9.17) is 4.74 Å². The van der Waals surface area contributed by atoms with Gasteiger partial charge in [0, 0.05) is 53.4 Å². The maximum absolute atomic E-state index is 13.6. The lowest BCUT2D eigenvalue weighted by molar-refractivity contribution is -0.117. The van der Waals surface area contributed by atoms with Gasteiger partial charge in [0.2, 0.25) is 0 Å². The van der Waals surface area contributed by atoms with Crippen LogP contribution in [-0.2, 0) is 16.2 Å². The summed E-state index contributed by atoms with van der Waals surface area (Å²) in [6.07, 6.45) is 4.40. The van der Waals surface area contributed by atoms with Crippen molar-refractivity contribution in [2.75, 3.05) is 6.54 Å². The van der Waals surface area contributed by atoms with Gasteiger partial charge in [-0.05, 0) is 56.4 Å². The van der Waals surface area contributed by atoms with E-state index >= 15 is 0 Å². The molecule has 0 unspecified atom stereocenters. The summed E-state index contributed by atoms with van der Waals surface area (Å²) in [6.45, 7) is 3.05. The van der Waals surface area contributed by atoms with E-state index in [1.54, 1.807) is 6.07 Å². The van der Waals surface area contributed by atoms with Crippen molar-refractivity contribution in [3.8, 4) is 5.75 Å². The van der Waals surface area contributed by atoms with Gasteiger partial charge in [-0.3, -0.25) is 9.59 Å². The molecule has 0 atom stereocenters. The van der Waals surface area contributed by atoms with Gasteiger partial charge in [0.1, 0.15) is 18.2 Å². The molecule has 1 heterocycles. The fraction of sp³-hybridized carbons (Fsp3) is 0.357. The summed E-state index contributed by atoms with van der Waals surface area (Å²) in [5, 5.41) is 0. The van der Waals surface area contributed by atoms with E-state index in [1.165, 1.54) is 12.1 Å². The number of Topliss-reactive ketones (excluding diaryl/α,β-unsaturated/α-hetero) is 2. The second-order valence-electron chi connectivity index (χ2n) is 8.91. The third kappa shape index (κ3) is 3.90. The van der Waals surface area contributed by atoms with Crippen LogP contribution in [0.5, 0.6) is 5.75 Å². The van der Waals surface area contributed by atoms with Crippen LogP contribution in [0.2, 0.25) is 0 Å². The molecule has 1 aliphatic heterocycles. The van der Waals surface area contributed by atoms with Gasteiger partial charge in [0.25, 0.3) is 0 Å². The van der Waals surface area contributed by atoms with Crippen molar-refractivity contribution in [3.05, 3.63) is 88.0 Å². The summed E-state index contributed by atoms with van der Waals surface area (Å²) >= 11 is 0. The average molecular weight is 446 g/mol. The first-order valence-corrected chi connectivity index (χ1v) is 11.8. The summed E-state index contributed by atoms with van der Waals surface area (Å²) in [4.78, 5) is 28.8. The molecule has 0 bridgehead atoms. The number of carbonyl (C=O) groups excluding carboxylic acids is 2. The van der Waals surface area contributed by atoms with Crippen LogP contribution in [0, 0.1) is 5.82 Å². The molecule has 3 aliphatic rings. The minimum absolute atomic E-state index is 0.129. The fourth-order valence-corrected chi connectivity index (χ4v) is 5.55. The number of carbonyl (C=O) groups is 2. The monoisotopic (exact) mass is 445 g/mol. The number of hydrogen-bond donors (Lipinski definition) is 0. The van der Waals surface area contributed by atoms with E-state index in [2.05, 4.69) is 11.8 Å². The molecule has 2 aromatic carbocycles. The molecular formula is C28H28FNO3. The van der Waals surface area contributed by atoms with E-state index in [0.29, 0.717) is 18.6 Å². The second kappa shape index (κ2) is 8.97. The molecule has 0 saturated carbocycles. The predicted molar refractivity (Wildman–Crippen MR) is 124 cm³/mol. The molecule has 0 N–H and O–H groups in total. The Morgan fingerprint density at radius 3 is 2.21 bits per heavy atom. The Hall–Kier alpha value is -3.21. The average Bonchev–Trinajstić information content (AvgIpc) is 2.82. The number of benzene rings is 2. The van der Waals surface area contributed by atoms with Gasteiger partial charge in [-0.1, -0.05) is 30.3 Å². The number of rotatable bonds is 5. The van der Waals surface area contributed by atoms with Gasteiger partial charge in [-0.25, -0.2) is 4.39 Å². The topological polar surface area (TPSA) is 46.6 Å². The number of para-hydroxylation sites is 1. The highest BCUT2D eigenvalue weighted by molar-refractivity contribution is 6.06. The first-order chi connectivity index (χ1) is 16.1. The van der Waals surface area contributed by atoms with Crippen LogP contribution in [0.25, 0.3) is 0 Å². The molecule has 2 aromatic rings. The van der Waals surface area contributed by atoms with E-state index in [0.717, 1.165) is 65.9 Å². The van der Waals surface area contributed by atoms with Gasteiger partial charge >= 0.3 is 0 Å². The molecule has 5 heteroatoms. The Labute approximate surface area is 193 Å². The number of allylic oxidation sites excluding steroid dienone is 4. The zero-order chi connectivity index (χ0) is 22.9. The molecule has 2 aliphatic carbocycles. The first-order valence-electron chi connectivity index (χ1n) is 11.8. The van der Waals surface area contributed by atoms with Crippen LogP contribution in [0.1, 0.15) is 62.5 Å². The van der Waals surface area contributed by atoms with Gasteiger partial charge in [-0.2, -0.15) is 0 Å². The van der Waals surface area contributed by atoms with Crippen molar-refractivity contribution >= 4 is 11.6 Å². The van der Waals surface area contributed by atoms with Crippen molar-refractivity contribution in [3.63, 3.8) is 0 Å². The Kier molecular flexibility index (Phi) is 5.88. The van der Waals surface area contributed by atoms with Crippen molar-refractivity contribution in [1.82, 2.24) is 4.90 Å². The Bertz CT molecular complexity index is 1140. The minimum Gasteiger partial charge on any atom is -0.489 e. The molecule has 0 aromatic heterocycles. The van der Waals surface area contributed by atoms with E-state index in [-0.39, 0.29) is 24.0 Å². The van der Waals surface area contributed by atoms with Gasteiger partial charge in [0.15, 0.2) is 11.6 Å². The highest BCUT2D eigenvalue weighted by atomic mass is 19.1. The van der Waals surface area contributed by atoms with Crippen LogP contribution < -0.4 is 4.74 Å². The van der Waals surface area contributed by atoms with Crippen LogP contribution in [-0.4, -0.2) is 23.0 Å². The van der Waals surface area contributed by atoms with E-state index in [1.807, 2.05) is 30.3 Å². The fourth-order valence-electron chi connectivity index (χ4n) is 5.55. The van der Waals surface area contributed by atoms with E-state index in [9.17, 15) is 14.0 Å². The number of ether oxygens (including phenoxy) is 1. The highest BCUT2D eigenvalue weighted by Gasteiger charge is 2.43. The molecule has 0 amide bonds. The molecule has 170 valence electrons. The SMILES string of the molecule is CCN1C2=C(C(=O)CCC2)C(c2ccccc2OCc2cccc(F)c2)C2=C1CCCC2=O. The second-order valence-corrected chi connectivity index (χ2v) is 8.91. The molecule has 0 spiro atoms. The van der Waals surface area contributed by atoms with Crippen LogP contribution in [0.4, 0.5) is 4.39 Å². The first kappa shape index (κ1) is 21.6. The smallest absolute Gasteiger partial charge is 0.161 e. The van der Waals surface area contributed by atoms with Gasteiger partial charge in [-0.15, -0.1) is 0 Å². The van der Waals surface area contributed by atoms with Gasteiger partial charge in [0.05, 0.1) is 0 Å². The van der Waals surface area contributed by atoms with Crippen LogP contribution >= 0.6 is 0 Å². The summed E-state index contributed by atoms with van der Waals surface area (Å²) in [7, 11) is 0. The molecule has 4 nitrogen and oxygen atoms in total. The molecule has 0 radical (unpaired) electrons. The summed E-state index contributed by atoms with van der Waals surface area (Å²) in [5.41, 5.74) is 5.25. The molecule has 0 saturated heterocycles. The quantitative estimate of drug-likeness (QED) is 0.580. The molecule has 0 fully saturated rings. The number of ketones is 2. The maximum Gasteiger partial charge on any atom is 0.161 e. The number of nitrogens with zero attached hydrogens (tertiary/aromatic N) is 1. The van der Waals surface area contributed by atoms with Crippen LogP contribution in [0.15, 0.2) is 71.1 Å². The zero-order valence-electron chi connectivity index (χ0n) is 18.9. The summed E-state index contributed by atoms with van der Waals surface area (Å²) in [6, 6.07) is 14.0. The summed E-state index contributed by atoms with van der Waals surface area (Å²) in [5.74, 6) is 0.185. The molecular weight excluding hydrogens is 417 g/mol. The predicted octanol–water partition coefficient (Wildman–Crippen LogP) is 5.84. The summed E-state index contributed by atoms with van der Waals surface area (Å²) < 4.78 is 19.8. The lowest BCUT2D eigenvalue weighted by atomic mass is 9.70. The highest BCUT2D eigenvalue weighted by Crippen LogP contribution is 2.50. The number of halogens is 1. The van der Waals surface area contributed by atoms with Gasteiger partial charge < -0.3 is 9.64 Å².